The molecular formula is C15H13F2N4O2+. The summed E-state index contributed by atoms with van der Waals surface area (Å²) in [5.41, 5.74) is 0.515. The molecule has 6 nitrogen and oxygen atoms in total. The van der Waals surface area contributed by atoms with Crippen molar-refractivity contribution in [3.05, 3.63) is 42.1 Å². The molecule has 0 bridgehead atoms. The number of carbonyl (C=O) groups excluding carboxylic acids is 2. The van der Waals surface area contributed by atoms with E-state index in [-0.39, 0.29) is 5.69 Å². The Kier molecular flexibility index (Phi) is 3.51. The van der Waals surface area contributed by atoms with Gasteiger partial charge in [0, 0.05) is 19.2 Å². The van der Waals surface area contributed by atoms with Gasteiger partial charge in [0.25, 0.3) is 11.7 Å². The minimum atomic E-state index is -1.02. The van der Waals surface area contributed by atoms with Gasteiger partial charge in [0.05, 0.1) is 24.6 Å². The summed E-state index contributed by atoms with van der Waals surface area (Å²) in [4.78, 5) is 33.8. The summed E-state index contributed by atoms with van der Waals surface area (Å²) in [6, 6.07) is 2.77. The summed E-state index contributed by atoms with van der Waals surface area (Å²) in [5, 5.41) is 0. The fraction of sp³-hybridized carbons (Fsp3) is 0.200. The number of urea groups is 1. The molecule has 118 valence electrons. The Morgan fingerprint density at radius 3 is 2.57 bits per heavy atom. The van der Waals surface area contributed by atoms with Gasteiger partial charge in [-0.3, -0.25) is 9.79 Å². The molecule has 1 atom stereocenters. The van der Waals surface area contributed by atoms with Crippen molar-refractivity contribution in [2.45, 2.75) is 0 Å². The molecule has 0 spiro atoms. The van der Waals surface area contributed by atoms with Crippen molar-refractivity contribution in [2.75, 3.05) is 14.1 Å². The molecule has 3 amide bonds. The second-order valence-electron chi connectivity index (χ2n) is 5.17. The molecule has 2 heterocycles. The van der Waals surface area contributed by atoms with E-state index in [0.29, 0.717) is 11.5 Å². The van der Waals surface area contributed by atoms with E-state index in [4.69, 9.17) is 0 Å². The molecule has 1 aromatic rings. The van der Waals surface area contributed by atoms with Crippen molar-refractivity contribution in [1.29, 1.82) is 0 Å². The number of aliphatic imine (C=N–C) groups is 1. The molecule has 0 aliphatic carbocycles. The Bertz CT molecular complexity index is 801. The van der Waals surface area contributed by atoms with Crippen LogP contribution in [0.3, 0.4) is 0 Å². The molecule has 0 radical (unpaired) electrons. The number of nitrogens with one attached hydrogen (secondary N) is 1. The van der Waals surface area contributed by atoms with Crippen molar-refractivity contribution in [3.63, 3.8) is 0 Å². The maximum Gasteiger partial charge on any atom is 0.417 e. The number of carbonyl (C=O) groups is 2. The van der Waals surface area contributed by atoms with Gasteiger partial charge < -0.3 is 0 Å². The van der Waals surface area contributed by atoms with Gasteiger partial charge in [-0.05, 0) is 12.1 Å². The number of fused-ring (bicyclic) bond motifs is 1. The average Bonchev–Trinajstić information content (AvgIpc) is 2.54. The van der Waals surface area contributed by atoms with Gasteiger partial charge >= 0.3 is 6.03 Å². The van der Waals surface area contributed by atoms with Crippen molar-refractivity contribution in [1.82, 2.24) is 9.80 Å². The lowest BCUT2D eigenvalue weighted by Gasteiger charge is -2.31. The van der Waals surface area contributed by atoms with Crippen LogP contribution in [0.1, 0.15) is 0 Å². The number of benzene rings is 1. The zero-order valence-corrected chi connectivity index (χ0v) is 12.4. The molecule has 0 saturated carbocycles. The Labute approximate surface area is 130 Å². The van der Waals surface area contributed by atoms with Crippen LogP contribution < -0.4 is 4.99 Å². The molecule has 1 saturated heterocycles. The first kappa shape index (κ1) is 15.0. The molecule has 1 N–H and O–H groups in total. The molecule has 2 aliphatic heterocycles. The maximum absolute atomic E-state index is 13.3. The average molecular weight is 319 g/mol. The number of hydrogen-bond acceptors (Lipinski definition) is 3. The number of halogens is 2. The topological polar surface area (TPSA) is 67.0 Å². The molecule has 2 aliphatic rings. The zero-order valence-electron chi connectivity index (χ0n) is 12.4. The van der Waals surface area contributed by atoms with Crippen LogP contribution in [0.15, 0.2) is 35.5 Å². The molecule has 1 unspecified atom stereocenters. The van der Waals surface area contributed by atoms with Crippen molar-refractivity contribution < 1.29 is 23.4 Å². The second-order valence-corrected chi connectivity index (χ2v) is 5.17. The predicted molar refractivity (Wildman–Crippen MR) is 78.0 cm³/mol. The normalized spacial score (nSPS) is 22.5. The molecule has 1 aromatic carbocycles. The third kappa shape index (κ3) is 2.41. The Balaban J connectivity index is 2.04. The minimum Gasteiger partial charge on any atom is -0.273 e. The first-order valence-electron chi connectivity index (χ1n) is 6.79. The number of allylic oxidation sites excluding steroid dienone is 1. The summed E-state index contributed by atoms with van der Waals surface area (Å²) >= 11 is 0. The molecule has 1 fully saturated rings. The predicted octanol–water partition coefficient (Wildman–Crippen LogP) is 0.184. The maximum atomic E-state index is 13.3. The summed E-state index contributed by atoms with van der Waals surface area (Å²) in [5.74, 6) is -2.86. The van der Waals surface area contributed by atoms with E-state index in [9.17, 15) is 18.4 Å². The van der Waals surface area contributed by atoms with Crippen molar-refractivity contribution in [2.24, 2.45) is 10.9 Å². The molecule has 8 heteroatoms. The Morgan fingerprint density at radius 1 is 1.13 bits per heavy atom. The quantitative estimate of drug-likeness (QED) is 0.803. The third-order valence-corrected chi connectivity index (χ3v) is 3.73. The lowest BCUT2D eigenvalue weighted by molar-refractivity contribution is -0.382. The van der Waals surface area contributed by atoms with Crippen molar-refractivity contribution in [3.8, 4) is 0 Å². The fourth-order valence-corrected chi connectivity index (χ4v) is 2.49. The highest BCUT2D eigenvalue weighted by atomic mass is 19.2. The fourth-order valence-electron chi connectivity index (χ4n) is 2.49. The number of amides is 3. The van der Waals surface area contributed by atoms with Crippen LogP contribution in [0.5, 0.6) is 0 Å². The van der Waals surface area contributed by atoms with E-state index < -0.39 is 29.5 Å². The van der Waals surface area contributed by atoms with Crippen LogP contribution in [0, 0.1) is 17.6 Å². The smallest absolute Gasteiger partial charge is 0.273 e. The van der Waals surface area contributed by atoms with Gasteiger partial charge in [-0.15, -0.1) is 0 Å². The number of hydrogen-bond donors (Lipinski definition) is 1. The third-order valence-electron chi connectivity index (χ3n) is 3.73. The van der Waals surface area contributed by atoms with Gasteiger partial charge in [0.15, 0.2) is 17.6 Å². The van der Waals surface area contributed by atoms with E-state index >= 15 is 0 Å². The van der Waals surface area contributed by atoms with Crippen LogP contribution in [0.25, 0.3) is 0 Å². The van der Waals surface area contributed by atoms with E-state index in [0.717, 1.165) is 17.0 Å². The standard InChI is InChI=1S/C15H12F2N4O2/c1-20-13-12(14(22)21(2)15(20)23)11(5-6-18-13)19-8-3-4-9(16)10(17)7-8/h3-7,12H,1-2H3/p+1. The highest BCUT2D eigenvalue weighted by Crippen LogP contribution is 2.22. The zero-order chi connectivity index (χ0) is 16.7. The number of amidine groups is 1. The summed E-state index contributed by atoms with van der Waals surface area (Å²) < 4.78 is 26.3. The van der Waals surface area contributed by atoms with Crippen molar-refractivity contribution >= 4 is 29.2 Å². The van der Waals surface area contributed by atoms with Gasteiger partial charge in [0.2, 0.25) is 0 Å². The largest absolute Gasteiger partial charge is 0.417 e. The van der Waals surface area contributed by atoms with Crippen LogP contribution in [-0.2, 0) is 4.79 Å². The van der Waals surface area contributed by atoms with E-state index in [1.807, 2.05) is 0 Å². The Hall–Kier alpha value is -2.90. The highest BCUT2D eigenvalue weighted by molar-refractivity contribution is 6.30. The van der Waals surface area contributed by atoms with E-state index in [1.54, 1.807) is 6.08 Å². The molecule has 0 aromatic heterocycles. The lowest BCUT2D eigenvalue weighted by Crippen LogP contribution is -2.79. The van der Waals surface area contributed by atoms with Gasteiger partial charge in [0.1, 0.15) is 0 Å². The monoisotopic (exact) mass is 319 g/mol. The van der Waals surface area contributed by atoms with E-state index in [2.05, 4.69) is 9.98 Å². The number of imide groups is 1. The second kappa shape index (κ2) is 5.38. The van der Waals surface area contributed by atoms with Crippen LogP contribution in [0.4, 0.5) is 19.3 Å². The SMILES string of the molecule is CN1C(=O)C2C(=Nc3ccc(F)c(F)c3)C=C[NH+]=C2N(C)C1=O. The summed E-state index contributed by atoms with van der Waals surface area (Å²) in [7, 11) is 2.92. The molecule has 23 heavy (non-hydrogen) atoms. The number of nitrogens with zero attached hydrogens (tertiary/aromatic N) is 3. The van der Waals surface area contributed by atoms with Crippen LogP contribution in [-0.4, -0.2) is 47.4 Å². The number of rotatable bonds is 1. The molecule has 3 rings (SSSR count). The minimum absolute atomic E-state index is 0.180. The van der Waals surface area contributed by atoms with Crippen LogP contribution in [0.2, 0.25) is 0 Å². The lowest BCUT2D eigenvalue weighted by atomic mass is 9.95. The van der Waals surface area contributed by atoms with Gasteiger partial charge in [-0.25, -0.2) is 23.5 Å². The van der Waals surface area contributed by atoms with E-state index in [1.165, 1.54) is 31.3 Å². The first-order valence-corrected chi connectivity index (χ1v) is 6.79. The first-order chi connectivity index (χ1) is 10.9. The summed E-state index contributed by atoms with van der Waals surface area (Å²) in [6.07, 6.45) is 3.09. The van der Waals surface area contributed by atoms with Crippen LogP contribution >= 0.6 is 0 Å². The van der Waals surface area contributed by atoms with Gasteiger partial charge in [-0.2, -0.15) is 4.90 Å². The summed E-state index contributed by atoms with van der Waals surface area (Å²) in [6.45, 7) is 0. The molecular weight excluding hydrogens is 306 g/mol. The Morgan fingerprint density at radius 2 is 1.87 bits per heavy atom. The van der Waals surface area contributed by atoms with Gasteiger partial charge in [-0.1, -0.05) is 0 Å². The highest BCUT2D eigenvalue weighted by Gasteiger charge is 2.49.